The highest BCUT2D eigenvalue weighted by atomic mass is 19.1. The maximum absolute atomic E-state index is 12.8. The van der Waals surface area contributed by atoms with Crippen LogP contribution in [0.15, 0.2) is 24.3 Å². The zero-order valence-electron chi connectivity index (χ0n) is 9.49. The van der Waals surface area contributed by atoms with Crippen molar-refractivity contribution in [3.05, 3.63) is 35.6 Å². The molecule has 2 unspecified atom stereocenters. The lowest BCUT2D eigenvalue weighted by molar-refractivity contribution is 0.236. The van der Waals surface area contributed by atoms with Crippen LogP contribution in [-0.2, 0) is 0 Å². The molecular weight excluding hydrogens is 205 g/mol. The standard InChI is InChI=1S/C13H18FNO/c1-9(8-16)15-13(10-2-3-10)11-4-6-12(14)7-5-11/h4-7,9-10,13,15-16H,2-3,8H2,1H3. The van der Waals surface area contributed by atoms with Crippen LogP contribution in [0.25, 0.3) is 0 Å². The van der Waals surface area contributed by atoms with Crippen LogP contribution in [0.1, 0.15) is 31.4 Å². The average molecular weight is 223 g/mol. The van der Waals surface area contributed by atoms with E-state index in [2.05, 4.69) is 5.32 Å². The molecule has 0 aliphatic heterocycles. The van der Waals surface area contributed by atoms with Gasteiger partial charge in [-0.15, -0.1) is 0 Å². The molecule has 2 atom stereocenters. The van der Waals surface area contributed by atoms with Crippen LogP contribution >= 0.6 is 0 Å². The quantitative estimate of drug-likeness (QED) is 0.802. The highest BCUT2D eigenvalue weighted by molar-refractivity contribution is 5.22. The summed E-state index contributed by atoms with van der Waals surface area (Å²) in [5, 5.41) is 12.4. The normalized spacial score (nSPS) is 19.4. The molecule has 16 heavy (non-hydrogen) atoms. The molecule has 0 heterocycles. The highest BCUT2D eigenvalue weighted by Crippen LogP contribution is 2.41. The SMILES string of the molecule is CC(CO)NC(c1ccc(F)cc1)C1CC1. The fourth-order valence-corrected chi connectivity index (χ4v) is 1.96. The first-order chi connectivity index (χ1) is 7.70. The summed E-state index contributed by atoms with van der Waals surface area (Å²) in [6.45, 7) is 2.09. The summed E-state index contributed by atoms with van der Waals surface area (Å²) in [4.78, 5) is 0. The zero-order valence-corrected chi connectivity index (χ0v) is 9.49. The van der Waals surface area contributed by atoms with Crippen molar-refractivity contribution in [3.8, 4) is 0 Å². The van der Waals surface area contributed by atoms with E-state index in [-0.39, 0.29) is 24.5 Å². The molecule has 88 valence electrons. The van der Waals surface area contributed by atoms with Gasteiger partial charge in [-0.25, -0.2) is 4.39 Å². The van der Waals surface area contributed by atoms with Gasteiger partial charge in [0.2, 0.25) is 0 Å². The fourth-order valence-electron chi connectivity index (χ4n) is 1.96. The monoisotopic (exact) mass is 223 g/mol. The van der Waals surface area contributed by atoms with E-state index in [9.17, 15) is 4.39 Å². The molecule has 1 fully saturated rings. The summed E-state index contributed by atoms with van der Waals surface area (Å²) in [5.41, 5.74) is 1.12. The Kier molecular flexibility index (Phi) is 3.56. The molecule has 1 saturated carbocycles. The summed E-state index contributed by atoms with van der Waals surface area (Å²) in [7, 11) is 0. The van der Waals surface area contributed by atoms with Crippen molar-refractivity contribution in [2.45, 2.75) is 31.8 Å². The van der Waals surface area contributed by atoms with Gasteiger partial charge < -0.3 is 10.4 Å². The molecule has 1 aliphatic rings. The van der Waals surface area contributed by atoms with Crippen LogP contribution in [0.3, 0.4) is 0 Å². The summed E-state index contributed by atoms with van der Waals surface area (Å²) < 4.78 is 12.8. The lowest BCUT2D eigenvalue weighted by Crippen LogP contribution is -2.34. The number of benzene rings is 1. The van der Waals surface area contributed by atoms with E-state index in [1.54, 1.807) is 0 Å². The summed E-state index contributed by atoms with van der Waals surface area (Å²) in [6, 6.07) is 6.98. The maximum Gasteiger partial charge on any atom is 0.123 e. The van der Waals surface area contributed by atoms with Gasteiger partial charge in [-0.2, -0.15) is 0 Å². The number of hydrogen-bond donors (Lipinski definition) is 2. The second kappa shape index (κ2) is 4.93. The molecule has 2 N–H and O–H groups in total. The summed E-state index contributed by atoms with van der Waals surface area (Å²) in [6.07, 6.45) is 2.43. The number of halogens is 1. The summed E-state index contributed by atoms with van der Waals surface area (Å²) >= 11 is 0. The first-order valence-corrected chi connectivity index (χ1v) is 5.83. The van der Waals surface area contributed by atoms with Crippen LogP contribution in [-0.4, -0.2) is 17.8 Å². The van der Waals surface area contributed by atoms with Crippen LogP contribution in [0.4, 0.5) is 4.39 Å². The molecule has 1 aliphatic carbocycles. The van der Waals surface area contributed by atoms with Crippen molar-refractivity contribution in [2.24, 2.45) is 5.92 Å². The van der Waals surface area contributed by atoms with Crippen LogP contribution in [0.5, 0.6) is 0 Å². The highest BCUT2D eigenvalue weighted by Gasteiger charge is 2.32. The average Bonchev–Trinajstić information content (AvgIpc) is 3.11. The number of aliphatic hydroxyl groups is 1. The van der Waals surface area contributed by atoms with Gasteiger partial charge in [0.05, 0.1) is 6.61 Å². The maximum atomic E-state index is 12.8. The van der Waals surface area contributed by atoms with Gasteiger partial charge in [-0.05, 0) is 43.4 Å². The lowest BCUT2D eigenvalue weighted by Gasteiger charge is -2.22. The van der Waals surface area contributed by atoms with Gasteiger partial charge in [0.15, 0.2) is 0 Å². The van der Waals surface area contributed by atoms with E-state index in [1.165, 1.54) is 25.0 Å². The third-order valence-corrected chi connectivity index (χ3v) is 3.06. The van der Waals surface area contributed by atoms with E-state index in [0.717, 1.165) is 5.56 Å². The fraction of sp³-hybridized carbons (Fsp3) is 0.538. The van der Waals surface area contributed by atoms with E-state index < -0.39 is 0 Å². The largest absolute Gasteiger partial charge is 0.395 e. The second-order valence-electron chi connectivity index (χ2n) is 4.62. The van der Waals surface area contributed by atoms with Gasteiger partial charge in [0.25, 0.3) is 0 Å². The van der Waals surface area contributed by atoms with E-state index in [0.29, 0.717) is 5.92 Å². The Balaban J connectivity index is 2.09. The molecule has 2 nitrogen and oxygen atoms in total. The Morgan fingerprint density at radius 3 is 2.50 bits per heavy atom. The Hall–Kier alpha value is -0.930. The van der Waals surface area contributed by atoms with Gasteiger partial charge in [0.1, 0.15) is 5.82 Å². The molecule has 1 aromatic carbocycles. The van der Waals surface area contributed by atoms with Crippen LogP contribution < -0.4 is 5.32 Å². The first kappa shape index (κ1) is 11.6. The number of rotatable bonds is 5. The van der Waals surface area contributed by atoms with E-state index in [4.69, 9.17) is 5.11 Å². The Morgan fingerprint density at radius 2 is 2.00 bits per heavy atom. The molecule has 0 aromatic heterocycles. The second-order valence-corrected chi connectivity index (χ2v) is 4.62. The zero-order chi connectivity index (χ0) is 11.5. The van der Waals surface area contributed by atoms with E-state index >= 15 is 0 Å². The number of nitrogens with one attached hydrogen (secondary N) is 1. The predicted octanol–water partition coefficient (Wildman–Crippen LogP) is 2.25. The Morgan fingerprint density at radius 1 is 1.38 bits per heavy atom. The van der Waals surface area contributed by atoms with Crippen molar-refractivity contribution in [3.63, 3.8) is 0 Å². The molecule has 0 spiro atoms. The lowest BCUT2D eigenvalue weighted by atomic mass is 10.0. The van der Waals surface area contributed by atoms with Gasteiger partial charge >= 0.3 is 0 Å². The molecule has 1 aromatic rings. The van der Waals surface area contributed by atoms with Crippen molar-refractivity contribution in [2.75, 3.05) is 6.61 Å². The third-order valence-electron chi connectivity index (χ3n) is 3.06. The molecule has 0 radical (unpaired) electrons. The molecule has 0 saturated heterocycles. The number of aliphatic hydroxyl groups excluding tert-OH is 1. The molecule has 2 rings (SSSR count). The smallest absolute Gasteiger partial charge is 0.123 e. The molecule has 0 amide bonds. The molecule has 0 bridgehead atoms. The first-order valence-electron chi connectivity index (χ1n) is 5.83. The van der Waals surface area contributed by atoms with Gasteiger partial charge in [0, 0.05) is 12.1 Å². The molecular formula is C13H18FNO. The Labute approximate surface area is 95.5 Å². The Bertz CT molecular complexity index is 334. The topological polar surface area (TPSA) is 32.3 Å². The van der Waals surface area contributed by atoms with Crippen molar-refractivity contribution in [1.29, 1.82) is 0 Å². The third kappa shape index (κ3) is 2.80. The molecule has 3 heteroatoms. The van der Waals surface area contributed by atoms with Crippen molar-refractivity contribution < 1.29 is 9.50 Å². The minimum Gasteiger partial charge on any atom is -0.395 e. The van der Waals surface area contributed by atoms with Crippen LogP contribution in [0, 0.1) is 11.7 Å². The van der Waals surface area contributed by atoms with E-state index in [1.807, 2.05) is 19.1 Å². The number of hydrogen-bond acceptors (Lipinski definition) is 2. The van der Waals surface area contributed by atoms with Gasteiger partial charge in [-0.3, -0.25) is 0 Å². The van der Waals surface area contributed by atoms with Crippen LogP contribution in [0.2, 0.25) is 0 Å². The predicted molar refractivity (Wildman–Crippen MR) is 61.5 cm³/mol. The minimum absolute atomic E-state index is 0.0793. The van der Waals surface area contributed by atoms with Crippen molar-refractivity contribution in [1.82, 2.24) is 5.32 Å². The van der Waals surface area contributed by atoms with Crippen molar-refractivity contribution >= 4 is 0 Å². The minimum atomic E-state index is -0.200. The van der Waals surface area contributed by atoms with Gasteiger partial charge in [-0.1, -0.05) is 12.1 Å². The summed E-state index contributed by atoms with van der Waals surface area (Å²) in [5.74, 6) is 0.438.